The Balaban J connectivity index is 3.10. The number of carbonyl (C=O) groups excluding carboxylic acids is 1. The van der Waals surface area contributed by atoms with Crippen LogP contribution in [0.4, 0.5) is 0 Å². The minimum Gasteiger partial charge on any atom is -0.438 e. The number of nitrogens with two attached hydrogens (primary N) is 1. The van der Waals surface area contributed by atoms with Gasteiger partial charge in [0.05, 0.1) is 25.3 Å². The van der Waals surface area contributed by atoms with E-state index in [1.807, 2.05) is 14.0 Å². The molecule has 0 saturated carbocycles. The fraction of sp³-hybridized carbons (Fsp3) is 0.368. The highest BCUT2D eigenvalue weighted by Crippen LogP contribution is 2.21. The highest BCUT2D eigenvalue weighted by Gasteiger charge is 2.16. The Kier molecular flexibility index (Phi) is 10.3. The Morgan fingerprint density at radius 3 is 2.74 bits per heavy atom. The molecule has 1 aromatic carbocycles. The molecule has 0 spiro atoms. The molecule has 0 heterocycles. The number of carbonyl (C=O) groups is 1. The topological polar surface area (TPSA) is 111 Å². The first-order valence-corrected chi connectivity index (χ1v) is 8.47. The molecule has 27 heavy (non-hydrogen) atoms. The summed E-state index contributed by atoms with van der Waals surface area (Å²) in [4.78, 5) is 23.4. The lowest BCUT2D eigenvalue weighted by atomic mass is 10.1. The summed E-state index contributed by atoms with van der Waals surface area (Å²) >= 11 is 0. The summed E-state index contributed by atoms with van der Waals surface area (Å²) in [5.41, 5.74) is 7.50. The number of amidine groups is 1. The smallest absolute Gasteiger partial charge is 0.227 e. The second kappa shape index (κ2) is 12.5. The lowest BCUT2D eigenvalue weighted by Gasteiger charge is -2.14. The minimum atomic E-state index is 0.230. The predicted molar refractivity (Wildman–Crippen MR) is 109 cm³/mol. The van der Waals surface area contributed by atoms with Gasteiger partial charge in [-0.15, -0.1) is 0 Å². The Labute approximate surface area is 159 Å². The monoisotopic (exact) mass is 373 g/mol. The van der Waals surface area contributed by atoms with Crippen LogP contribution >= 0.6 is 0 Å². The predicted octanol–water partition coefficient (Wildman–Crippen LogP) is 1.39. The first kappa shape index (κ1) is 22.2. The van der Waals surface area contributed by atoms with Crippen molar-refractivity contribution >= 4 is 24.7 Å². The summed E-state index contributed by atoms with van der Waals surface area (Å²) < 4.78 is 11.4. The fourth-order valence-electron chi connectivity index (χ4n) is 2.08. The number of ether oxygens (including phenoxy) is 2. The molecule has 3 N–H and O–H groups in total. The van der Waals surface area contributed by atoms with Gasteiger partial charge in [0.25, 0.3) is 0 Å². The average Bonchev–Trinajstić information content (AvgIpc) is 2.69. The van der Waals surface area contributed by atoms with Crippen molar-refractivity contribution in [2.24, 2.45) is 20.7 Å². The van der Waals surface area contributed by atoms with Crippen LogP contribution in [0.5, 0.6) is 5.75 Å². The number of aldehydes is 1. The van der Waals surface area contributed by atoms with Gasteiger partial charge in [-0.3, -0.25) is 9.79 Å². The van der Waals surface area contributed by atoms with Crippen LogP contribution in [-0.2, 0) is 4.74 Å². The second-order valence-corrected chi connectivity index (χ2v) is 5.43. The number of nitrogens with zero attached hydrogens (tertiary/aromatic N) is 3. The fourth-order valence-corrected chi connectivity index (χ4v) is 2.08. The zero-order chi connectivity index (χ0) is 20.1. The van der Waals surface area contributed by atoms with Crippen molar-refractivity contribution in [1.29, 1.82) is 0 Å². The molecule has 0 aliphatic heterocycles. The summed E-state index contributed by atoms with van der Waals surface area (Å²) in [6.07, 6.45) is 2.07. The summed E-state index contributed by atoms with van der Waals surface area (Å²) in [6, 6.07) is 5.15. The van der Waals surface area contributed by atoms with Gasteiger partial charge >= 0.3 is 0 Å². The second-order valence-electron chi connectivity index (χ2n) is 5.43. The lowest BCUT2D eigenvalue weighted by Crippen LogP contribution is -2.21. The van der Waals surface area contributed by atoms with Gasteiger partial charge in [-0.05, 0) is 32.3 Å². The van der Waals surface area contributed by atoms with Crippen LogP contribution in [0.15, 0.2) is 44.9 Å². The molecule has 0 bridgehead atoms. The normalized spacial score (nSPS) is 12.8. The van der Waals surface area contributed by atoms with E-state index < -0.39 is 0 Å². The van der Waals surface area contributed by atoms with E-state index in [0.717, 1.165) is 18.4 Å². The number of rotatable bonds is 10. The zero-order valence-corrected chi connectivity index (χ0v) is 16.1. The van der Waals surface area contributed by atoms with Crippen molar-refractivity contribution in [2.75, 3.05) is 40.4 Å². The average molecular weight is 373 g/mol. The maximum absolute atomic E-state index is 11.1. The highest BCUT2D eigenvalue weighted by molar-refractivity contribution is 6.22. The van der Waals surface area contributed by atoms with Gasteiger partial charge in [0.1, 0.15) is 12.0 Å². The van der Waals surface area contributed by atoms with E-state index in [-0.39, 0.29) is 5.90 Å². The molecule has 146 valence electrons. The third-order valence-corrected chi connectivity index (χ3v) is 3.54. The lowest BCUT2D eigenvalue weighted by molar-refractivity contribution is 0.112. The molecular formula is C19H27N5O3. The first-order chi connectivity index (χ1) is 13.1. The Bertz CT molecular complexity index is 726. The zero-order valence-electron chi connectivity index (χ0n) is 16.1. The van der Waals surface area contributed by atoms with E-state index in [1.165, 1.54) is 6.20 Å². The Morgan fingerprint density at radius 2 is 2.15 bits per heavy atom. The first-order valence-electron chi connectivity index (χ1n) is 8.47. The highest BCUT2D eigenvalue weighted by atomic mass is 16.5. The van der Waals surface area contributed by atoms with Crippen LogP contribution in [0.1, 0.15) is 15.9 Å². The van der Waals surface area contributed by atoms with Gasteiger partial charge in [-0.1, -0.05) is 12.1 Å². The standard InChI is InChI=1S/C19H27N5O3/c1-14-5-6-15(13-25)11-17(14)27-19(16(12-20)18(22-3)23-4)24-8-10-26-9-7-21-2/h5-6,11-13,21H,3,7-10,20H2,1-2,4H3. The van der Waals surface area contributed by atoms with Crippen LogP contribution in [0.25, 0.3) is 0 Å². The number of aryl methyl sites for hydroxylation is 1. The van der Waals surface area contributed by atoms with Gasteiger partial charge in [-0.2, -0.15) is 0 Å². The number of nitrogens with one attached hydrogen (secondary N) is 1. The maximum atomic E-state index is 11.1. The van der Waals surface area contributed by atoms with E-state index in [1.54, 1.807) is 25.2 Å². The van der Waals surface area contributed by atoms with Crippen molar-refractivity contribution in [3.63, 3.8) is 0 Å². The van der Waals surface area contributed by atoms with E-state index >= 15 is 0 Å². The SMILES string of the molecule is C=NC(=NC)C(=CN)C(=NCCOCCNC)Oc1cc(C=O)ccc1C. The number of hydrogen-bond acceptors (Lipinski definition) is 7. The molecule has 1 rings (SSSR count). The van der Waals surface area contributed by atoms with E-state index in [9.17, 15) is 4.79 Å². The molecule has 0 aliphatic carbocycles. The van der Waals surface area contributed by atoms with Gasteiger partial charge in [0, 0.05) is 25.4 Å². The molecular weight excluding hydrogens is 346 g/mol. The number of likely N-dealkylation sites (N-methyl/N-ethyl adjacent to an activating group) is 1. The molecule has 0 fully saturated rings. The van der Waals surface area contributed by atoms with E-state index in [0.29, 0.717) is 42.5 Å². The number of hydrogen-bond donors (Lipinski definition) is 2. The summed E-state index contributed by atoms with van der Waals surface area (Å²) in [5, 5.41) is 3.00. The van der Waals surface area contributed by atoms with Crippen molar-refractivity contribution in [2.45, 2.75) is 6.92 Å². The Hall–Kier alpha value is -2.84. The molecule has 0 aromatic heterocycles. The minimum absolute atomic E-state index is 0.230. The molecule has 1 aromatic rings. The van der Waals surface area contributed by atoms with Crippen LogP contribution in [0.3, 0.4) is 0 Å². The summed E-state index contributed by atoms with van der Waals surface area (Å²) in [5.74, 6) is 1.03. The summed E-state index contributed by atoms with van der Waals surface area (Å²) in [7, 11) is 3.43. The van der Waals surface area contributed by atoms with E-state index in [2.05, 4.69) is 27.0 Å². The third-order valence-electron chi connectivity index (χ3n) is 3.54. The quantitative estimate of drug-likeness (QED) is 0.279. The molecule has 0 unspecified atom stereocenters. The molecule has 8 nitrogen and oxygen atoms in total. The van der Waals surface area contributed by atoms with Crippen molar-refractivity contribution in [3.8, 4) is 5.75 Å². The molecule has 0 radical (unpaired) electrons. The van der Waals surface area contributed by atoms with E-state index in [4.69, 9.17) is 15.2 Å². The van der Waals surface area contributed by atoms with Crippen LogP contribution in [0.2, 0.25) is 0 Å². The van der Waals surface area contributed by atoms with Crippen LogP contribution < -0.4 is 15.8 Å². The van der Waals surface area contributed by atoms with Crippen molar-refractivity contribution in [1.82, 2.24) is 5.32 Å². The van der Waals surface area contributed by atoms with Crippen molar-refractivity contribution < 1.29 is 14.3 Å². The molecule has 8 heteroatoms. The van der Waals surface area contributed by atoms with Crippen LogP contribution in [0, 0.1) is 6.92 Å². The van der Waals surface area contributed by atoms with Gasteiger partial charge in [-0.25, -0.2) is 9.98 Å². The number of aliphatic imine (C=N–C) groups is 3. The maximum Gasteiger partial charge on any atom is 0.227 e. The number of benzene rings is 1. The van der Waals surface area contributed by atoms with Gasteiger partial charge in [0.2, 0.25) is 5.90 Å². The van der Waals surface area contributed by atoms with Crippen LogP contribution in [-0.4, -0.2) is 65.1 Å². The van der Waals surface area contributed by atoms with Gasteiger partial charge in [0.15, 0.2) is 5.84 Å². The molecule has 0 atom stereocenters. The Morgan fingerprint density at radius 1 is 1.37 bits per heavy atom. The molecule has 0 saturated heterocycles. The van der Waals surface area contributed by atoms with Crippen molar-refractivity contribution in [3.05, 3.63) is 41.1 Å². The largest absolute Gasteiger partial charge is 0.438 e. The third kappa shape index (κ3) is 7.12. The van der Waals surface area contributed by atoms with Gasteiger partial charge < -0.3 is 20.5 Å². The molecule has 0 aliphatic rings. The summed E-state index contributed by atoms with van der Waals surface area (Å²) in [6.45, 7) is 7.48. The molecule has 0 amide bonds.